The summed E-state index contributed by atoms with van der Waals surface area (Å²) in [4.78, 5) is 0. The van der Waals surface area contributed by atoms with Crippen LogP contribution in [0.4, 0.5) is 4.39 Å². The average Bonchev–Trinajstić information content (AvgIpc) is 2.23. The fourth-order valence-corrected chi connectivity index (χ4v) is 1.39. The van der Waals surface area contributed by atoms with E-state index in [2.05, 4.69) is 0 Å². The monoisotopic (exact) mass is 235 g/mol. The van der Waals surface area contributed by atoms with Crippen molar-refractivity contribution in [3.8, 4) is 11.5 Å². The topological polar surface area (TPSA) is 75.7 Å². The van der Waals surface area contributed by atoms with E-state index in [9.17, 15) is 14.6 Å². The Bertz CT molecular complexity index is 373. The van der Waals surface area contributed by atoms with Gasteiger partial charge in [-0.25, -0.2) is 4.39 Å². The summed E-state index contributed by atoms with van der Waals surface area (Å²) in [6, 6.07) is 1.12. The number of methoxy groups -OCH3 is 1. The molecule has 1 unspecified atom stereocenters. The van der Waals surface area contributed by atoms with Crippen LogP contribution in [0.15, 0.2) is 6.07 Å². The van der Waals surface area contributed by atoms with Crippen molar-refractivity contribution in [2.75, 3.05) is 13.7 Å². The van der Waals surface area contributed by atoms with E-state index >= 15 is 0 Å². The Morgan fingerprint density at radius 3 is 2.73 bits per heavy atom. The molecule has 0 heterocycles. The van der Waals surface area contributed by atoms with Crippen molar-refractivity contribution in [2.45, 2.75) is 6.10 Å². The molecule has 0 amide bonds. The summed E-state index contributed by atoms with van der Waals surface area (Å²) in [6.07, 6.45) is -1.32. The maximum Gasteiger partial charge on any atom is 0.166 e. The Labute approximate surface area is 91.0 Å². The molecule has 0 spiro atoms. The summed E-state index contributed by atoms with van der Waals surface area (Å²) in [5.74, 6) is -1.39. The summed E-state index contributed by atoms with van der Waals surface area (Å²) in [5, 5.41) is 18.7. The van der Waals surface area contributed by atoms with E-state index in [-0.39, 0.29) is 22.9 Å². The van der Waals surface area contributed by atoms with Crippen LogP contribution < -0.4 is 10.5 Å². The summed E-state index contributed by atoms with van der Waals surface area (Å²) in [7, 11) is 1.29. The lowest BCUT2D eigenvalue weighted by Gasteiger charge is -2.14. The zero-order chi connectivity index (χ0) is 11.6. The van der Waals surface area contributed by atoms with Gasteiger partial charge in [-0.1, -0.05) is 11.6 Å². The van der Waals surface area contributed by atoms with Gasteiger partial charge in [-0.15, -0.1) is 0 Å². The second-order valence-electron chi connectivity index (χ2n) is 2.89. The standard InChI is InChI=1S/C9H11ClFNO3/c1-15-6-2-4(10)8(11)7(9(6)14)5(13)3-12/h2,5,13-14H,3,12H2,1H3. The zero-order valence-corrected chi connectivity index (χ0v) is 8.75. The summed E-state index contributed by atoms with van der Waals surface area (Å²) < 4.78 is 18.2. The second kappa shape index (κ2) is 4.65. The minimum Gasteiger partial charge on any atom is -0.504 e. The van der Waals surface area contributed by atoms with Crippen LogP contribution in [0.25, 0.3) is 0 Å². The van der Waals surface area contributed by atoms with Crippen molar-refractivity contribution in [3.05, 3.63) is 22.5 Å². The van der Waals surface area contributed by atoms with Crippen LogP contribution in [0.2, 0.25) is 5.02 Å². The molecule has 0 saturated heterocycles. The van der Waals surface area contributed by atoms with Crippen LogP contribution in [0, 0.1) is 5.82 Å². The van der Waals surface area contributed by atoms with Crippen LogP contribution in [0.1, 0.15) is 11.7 Å². The number of aliphatic hydroxyl groups excluding tert-OH is 1. The van der Waals surface area contributed by atoms with Gasteiger partial charge in [0.15, 0.2) is 17.3 Å². The minimum atomic E-state index is -1.32. The number of aliphatic hydroxyl groups is 1. The second-order valence-corrected chi connectivity index (χ2v) is 3.30. The molecule has 1 atom stereocenters. The lowest BCUT2D eigenvalue weighted by molar-refractivity contribution is 0.176. The largest absolute Gasteiger partial charge is 0.504 e. The van der Waals surface area contributed by atoms with Gasteiger partial charge in [-0.2, -0.15) is 0 Å². The van der Waals surface area contributed by atoms with E-state index in [4.69, 9.17) is 22.1 Å². The third-order valence-electron chi connectivity index (χ3n) is 1.97. The smallest absolute Gasteiger partial charge is 0.166 e. The number of phenols is 1. The normalized spacial score (nSPS) is 12.6. The Morgan fingerprint density at radius 1 is 1.67 bits per heavy atom. The van der Waals surface area contributed by atoms with Crippen molar-refractivity contribution >= 4 is 11.6 Å². The van der Waals surface area contributed by atoms with Gasteiger partial charge in [0.1, 0.15) is 0 Å². The van der Waals surface area contributed by atoms with Gasteiger partial charge in [0.25, 0.3) is 0 Å². The van der Waals surface area contributed by atoms with Crippen LogP contribution in [0.3, 0.4) is 0 Å². The number of benzene rings is 1. The molecule has 4 N–H and O–H groups in total. The van der Waals surface area contributed by atoms with Crippen LogP contribution >= 0.6 is 11.6 Å². The molecule has 0 aliphatic carbocycles. The molecule has 0 fully saturated rings. The van der Waals surface area contributed by atoms with E-state index in [0.717, 1.165) is 6.07 Å². The predicted octanol–water partition coefficient (Wildman–Crippen LogP) is 1.19. The zero-order valence-electron chi connectivity index (χ0n) is 8.00. The Balaban J connectivity index is 3.40. The molecule has 15 heavy (non-hydrogen) atoms. The van der Waals surface area contributed by atoms with E-state index in [1.807, 2.05) is 0 Å². The number of hydrogen-bond donors (Lipinski definition) is 3. The minimum absolute atomic E-state index is 0.0103. The molecular weight excluding hydrogens is 225 g/mol. The number of rotatable bonds is 3. The first kappa shape index (κ1) is 12.0. The number of hydrogen-bond acceptors (Lipinski definition) is 4. The predicted molar refractivity (Wildman–Crippen MR) is 53.6 cm³/mol. The van der Waals surface area contributed by atoms with Crippen molar-refractivity contribution in [2.24, 2.45) is 5.73 Å². The highest BCUT2D eigenvalue weighted by atomic mass is 35.5. The third-order valence-corrected chi connectivity index (χ3v) is 2.24. The molecule has 0 saturated carbocycles. The number of phenolic OH excluding ortho intramolecular Hbond substituents is 1. The molecule has 6 heteroatoms. The molecule has 1 aromatic carbocycles. The summed E-state index contributed by atoms with van der Waals surface area (Å²) in [6.45, 7) is -0.228. The molecule has 1 aromatic rings. The number of ether oxygens (including phenoxy) is 1. The Morgan fingerprint density at radius 2 is 2.27 bits per heavy atom. The number of halogens is 2. The molecule has 0 aromatic heterocycles. The van der Waals surface area contributed by atoms with E-state index in [1.54, 1.807) is 0 Å². The third kappa shape index (κ3) is 2.14. The highest BCUT2D eigenvalue weighted by Gasteiger charge is 2.22. The summed E-state index contributed by atoms with van der Waals surface area (Å²) in [5.41, 5.74) is 4.83. The number of aromatic hydroxyl groups is 1. The maximum absolute atomic E-state index is 13.5. The van der Waals surface area contributed by atoms with Gasteiger partial charge in [0, 0.05) is 12.6 Å². The average molecular weight is 236 g/mol. The lowest BCUT2D eigenvalue weighted by atomic mass is 10.1. The first-order valence-electron chi connectivity index (χ1n) is 4.15. The fraction of sp³-hybridized carbons (Fsp3) is 0.333. The van der Waals surface area contributed by atoms with Gasteiger partial charge >= 0.3 is 0 Å². The molecular formula is C9H11ClFNO3. The highest BCUT2D eigenvalue weighted by Crippen LogP contribution is 2.39. The van der Waals surface area contributed by atoms with Gasteiger partial charge < -0.3 is 20.7 Å². The van der Waals surface area contributed by atoms with Gasteiger partial charge in [0.2, 0.25) is 0 Å². The van der Waals surface area contributed by atoms with E-state index in [0.29, 0.717) is 0 Å². The fourth-order valence-electron chi connectivity index (χ4n) is 1.19. The Kier molecular flexibility index (Phi) is 3.73. The number of nitrogens with two attached hydrogens (primary N) is 1. The van der Waals surface area contributed by atoms with Gasteiger partial charge in [-0.3, -0.25) is 0 Å². The summed E-state index contributed by atoms with van der Waals surface area (Å²) >= 11 is 5.55. The quantitative estimate of drug-likeness (QED) is 0.736. The van der Waals surface area contributed by atoms with Crippen molar-refractivity contribution in [1.29, 1.82) is 0 Å². The van der Waals surface area contributed by atoms with E-state index in [1.165, 1.54) is 7.11 Å². The van der Waals surface area contributed by atoms with Gasteiger partial charge in [0.05, 0.1) is 23.8 Å². The van der Waals surface area contributed by atoms with Crippen molar-refractivity contribution < 1.29 is 19.3 Å². The molecule has 84 valence electrons. The van der Waals surface area contributed by atoms with Crippen LogP contribution in [0.5, 0.6) is 11.5 Å². The lowest BCUT2D eigenvalue weighted by Crippen LogP contribution is -2.13. The molecule has 0 radical (unpaired) electrons. The first-order chi connectivity index (χ1) is 7.02. The molecule has 0 aliphatic heterocycles. The first-order valence-corrected chi connectivity index (χ1v) is 4.53. The van der Waals surface area contributed by atoms with Crippen LogP contribution in [-0.2, 0) is 0 Å². The highest BCUT2D eigenvalue weighted by molar-refractivity contribution is 6.31. The van der Waals surface area contributed by atoms with Crippen molar-refractivity contribution in [1.82, 2.24) is 0 Å². The molecule has 1 rings (SSSR count). The van der Waals surface area contributed by atoms with Gasteiger partial charge in [-0.05, 0) is 0 Å². The Hall–Kier alpha value is -1.04. The molecule has 0 aliphatic rings. The molecule has 4 nitrogen and oxygen atoms in total. The SMILES string of the molecule is COc1cc(Cl)c(F)c(C(O)CN)c1O. The van der Waals surface area contributed by atoms with E-state index < -0.39 is 17.7 Å². The molecule has 0 bridgehead atoms. The van der Waals surface area contributed by atoms with Crippen LogP contribution in [-0.4, -0.2) is 23.9 Å². The maximum atomic E-state index is 13.5. The van der Waals surface area contributed by atoms with Crippen molar-refractivity contribution in [3.63, 3.8) is 0 Å².